The van der Waals surface area contributed by atoms with Gasteiger partial charge in [-0.05, 0) is 58.3 Å². The van der Waals surface area contributed by atoms with E-state index in [-0.39, 0.29) is 5.91 Å². The van der Waals surface area contributed by atoms with E-state index >= 15 is 0 Å². The summed E-state index contributed by atoms with van der Waals surface area (Å²) < 4.78 is 0. The molecule has 2 aromatic rings. The second kappa shape index (κ2) is 8.61. The molecule has 0 aliphatic heterocycles. The summed E-state index contributed by atoms with van der Waals surface area (Å²) in [5.74, 6) is 0.170. The first-order chi connectivity index (χ1) is 11.4. The summed E-state index contributed by atoms with van der Waals surface area (Å²) in [7, 11) is 4.06. The number of carbonyl (C=O) groups excluding carboxylic acids is 1. The predicted octanol–water partition coefficient (Wildman–Crippen LogP) is 3.05. The van der Waals surface area contributed by atoms with Crippen molar-refractivity contribution in [2.24, 2.45) is 0 Å². The number of amides is 1. The van der Waals surface area contributed by atoms with Crippen molar-refractivity contribution in [1.29, 1.82) is 0 Å². The molecule has 0 spiro atoms. The average Bonchev–Trinajstić information content (AvgIpc) is 2.51. The normalized spacial score (nSPS) is 10.7. The molecule has 24 heavy (non-hydrogen) atoms. The van der Waals surface area contributed by atoms with E-state index in [1.807, 2.05) is 21.0 Å². The van der Waals surface area contributed by atoms with Crippen molar-refractivity contribution >= 4 is 29.1 Å². The number of nitrogens with zero attached hydrogens (tertiary/aromatic N) is 3. The van der Waals surface area contributed by atoms with Gasteiger partial charge in [-0.25, -0.2) is 9.97 Å². The van der Waals surface area contributed by atoms with E-state index in [9.17, 15) is 4.79 Å². The zero-order valence-electron chi connectivity index (χ0n) is 14.1. The molecule has 2 N–H and O–H groups in total. The van der Waals surface area contributed by atoms with Gasteiger partial charge in [-0.3, -0.25) is 4.79 Å². The monoisotopic (exact) mass is 347 g/mol. The summed E-state index contributed by atoms with van der Waals surface area (Å²) in [6.07, 6.45) is 0.967. The molecule has 1 amide bonds. The molecule has 1 aromatic carbocycles. The number of rotatable bonds is 7. The second-order valence-electron chi connectivity index (χ2n) is 5.77. The van der Waals surface area contributed by atoms with E-state index in [0.717, 1.165) is 25.2 Å². The summed E-state index contributed by atoms with van der Waals surface area (Å²) >= 11 is 5.93. The lowest BCUT2D eigenvalue weighted by Crippen LogP contribution is -2.19. The molecule has 0 radical (unpaired) electrons. The Kier molecular flexibility index (Phi) is 6.52. The van der Waals surface area contributed by atoms with Crippen molar-refractivity contribution < 1.29 is 4.79 Å². The zero-order valence-corrected chi connectivity index (χ0v) is 14.9. The van der Waals surface area contributed by atoms with Gasteiger partial charge in [0.05, 0.1) is 0 Å². The molecule has 2 rings (SSSR count). The van der Waals surface area contributed by atoms with Gasteiger partial charge >= 0.3 is 0 Å². The lowest BCUT2D eigenvalue weighted by atomic mass is 10.3. The third kappa shape index (κ3) is 5.79. The molecule has 128 valence electrons. The van der Waals surface area contributed by atoms with Gasteiger partial charge in [0.25, 0.3) is 5.91 Å². The highest BCUT2D eigenvalue weighted by atomic mass is 35.5. The fourth-order valence-electron chi connectivity index (χ4n) is 2.12. The molecular weight excluding hydrogens is 326 g/mol. The number of aryl methyl sites for hydroxylation is 1. The molecule has 0 unspecified atom stereocenters. The lowest BCUT2D eigenvalue weighted by molar-refractivity contribution is 0.102. The fraction of sp³-hybridized carbons (Fsp3) is 0.353. The Hall–Kier alpha value is -2.18. The summed E-state index contributed by atoms with van der Waals surface area (Å²) in [6, 6.07) is 8.65. The van der Waals surface area contributed by atoms with Crippen LogP contribution in [0.3, 0.4) is 0 Å². The number of aromatic nitrogens is 2. The molecule has 0 aliphatic rings. The maximum absolute atomic E-state index is 12.4. The van der Waals surface area contributed by atoms with Gasteiger partial charge in [-0.15, -0.1) is 0 Å². The maximum atomic E-state index is 12.4. The summed E-state index contributed by atoms with van der Waals surface area (Å²) in [5, 5.41) is 6.51. The molecule has 6 nitrogen and oxygen atoms in total. The van der Waals surface area contributed by atoms with Crippen LogP contribution < -0.4 is 10.6 Å². The minimum absolute atomic E-state index is 0.292. The van der Waals surface area contributed by atoms with Gasteiger partial charge in [-0.1, -0.05) is 17.7 Å². The van der Waals surface area contributed by atoms with Crippen LogP contribution in [-0.2, 0) is 0 Å². The highest BCUT2D eigenvalue weighted by Crippen LogP contribution is 2.16. The van der Waals surface area contributed by atoms with E-state index in [2.05, 4.69) is 25.5 Å². The number of hydrogen-bond donors (Lipinski definition) is 2. The molecule has 0 saturated carbocycles. The van der Waals surface area contributed by atoms with Crippen molar-refractivity contribution in [1.82, 2.24) is 14.9 Å². The minimum Gasteiger partial charge on any atom is -0.354 e. The third-order valence-corrected chi connectivity index (χ3v) is 3.47. The Morgan fingerprint density at radius 1 is 1.25 bits per heavy atom. The molecule has 0 aliphatic carbocycles. The Morgan fingerprint density at radius 2 is 2.04 bits per heavy atom. The molecule has 0 atom stereocenters. The number of carbonyl (C=O) groups is 1. The lowest BCUT2D eigenvalue weighted by Gasteiger charge is -2.11. The summed E-state index contributed by atoms with van der Waals surface area (Å²) in [5.41, 5.74) is 1.68. The SMILES string of the molecule is Cc1cc(C(=O)Nc2cccc(Cl)c2)nc(NCCCN(C)C)n1. The summed E-state index contributed by atoms with van der Waals surface area (Å²) in [6.45, 7) is 3.56. The first-order valence-corrected chi connectivity index (χ1v) is 8.13. The van der Waals surface area contributed by atoms with Crippen LogP contribution in [0.2, 0.25) is 5.02 Å². The van der Waals surface area contributed by atoms with Crippen molar-refractivity contribution in [3.05, 3.63) is 46.7 Å². The number of halogens is 1. The molecular formula is C17H22ClN5O. The van der Waals surface area contributed by atoms with Crippen LogP contribution in [-0.4, -0.2) is 48.0 Å². The van der Waals surface area contributed by atoms with Gasteiger partial charge < -0.3 is 15.5 Å². The molecule has 1 heterocycles. The van der Waals surface area contributed by atoms with Crippen LogP contribution >= 0.6 is 11.6 Å². The average molecular weight is 348 g/mol. The fourth-order valence-corrected chi connectivity index (χ4v) is 2.31. The van der Waals surface area contributed by atoms with Crippen molar-refractivity contribution in [3.8, 4) is 0 Å². The molecule has 0 saturated heterocycles. The van der Waals surface area contributed by atoms with E-state index in [1.54, 1.807) is 30.3 Å². The van der Waals surface area contributed by atoms with E-state index in [0.29, 0.717) is 22.4 Å². The van der Waals surface area contributed by atoms with Gasteiger partial charge in [0, 0.05) is 22.9 Å². The highest BCUT2D eigenvalue weighted by molar-refractivity contribution is 6.30. The number of hydrogen-bond acceptors (Lipinski definition) is 5. The standard InChI is InChI=1S/C17H22ClN5O/c1-12-10-15(16(24)21-14-7-4-6-13(18)11-14)22-17(20-12)19-8-5-9-23(2)3/h4,6-7,10-11H,5,8-9H2,1-3H3,(H,21,24)(H,19,20,22). The van der Waals surface area contributed by atoms with Gasteiger partial charge in [0.2, 0.25) is 5.95 Å². The molecule has 7 heteroatoms. The Bertz CT molecular complexity index is 705. The zero-order chi connectivity index (χ0) is 17.5. The minimum atomic E-state index is -0.292. The second-order valence-corrected chi connectivity index (χ2v) is 6.20. The van der Waals surface area contributed by atoms with Crippen LogP contribution in [0.25, 0.3) is 0 Å². The maximum Gasteiger partial charge on any atom is 0.274 e. The van der Waals surface area contributed by atoms with Crippen LogP contribution in [0, 0.1) is 6.92 Å². The van der Waals surface area contributed by atoms with Crippen molar-refractivity contribution in [3.63, 3.8) is 0 Å². The topological polar surface area (TPSA) is 70.2 Å². The summed E-state index contributed by atoms with van der Waals surface area (Å²) in [4.78, 5) is 23.1. The number of anilines is 2. The predicted molar refractivity (Wildman–Crippen MR) is 97.8 cm³/mol. The Morgan fingerprint density at radius 3 is 2.75 bits per heavy atom. The molecule has 1 aromatic heterocycles. The first-order valence-electron chi connectivity index (χ1n) is 7.75. The largest absolute Gasteiger partial charge is 0.354 e. The quantitative estimate of drug-likeness (QED) is 0.753. The van der Waals surface area contributed by atoms with Gasteiger partial charge in [-0.2, -0.15) is 0 Å². The van der Waals surface area contributed by atoms with Gasteiger partial charge in [0.15, 0.2) is 0 Å². The van der Waals surface area contributed by atoms with Crippen molar-refractivity contribution in [2.75, 3.05) is 37.8 Å². The first kappa shape index (κ1) is 18.2. The van der Waals surface area contributed by atoms with Crippen LogP contribution in [0.15, 0.2) is 30.3 Å². The number of benzene rings is 1. The van der Waals surface area contributed by atoms with E-state index < -0.39 is 0 Å². The van der Waals surface area contributed by atoms with Crippen LogP contribution in [0.4, 0.5) is 11.6 Å². The Balaban J connectivity index is 2.02. The molecule has 0 bridgehead atoms. The smallest absolute Gasteiger partial charge is 0.274 e. The van der Waals surface area contributed by atoms with Gasteiger partial charge in [0.1, 0.15) is 5.69 Å². The van der Waals surface area contributed by atoms with E-state index in [1.165, 1.54) is 0 Å². The van der Waals surface area contributed by atoms with Crippen LogP contribution in [0.5, 0.6) is 0 Å². The van der Waals surface area contributed by atoms with Crippen LogP contribution in [0.1, 0.15) is 22.6 Å². The van der Waals surface area contributed by atoms with Crippen molar-refractivity contribution in [2.45, 2.75) is 13.3 Å². The Labute approximate surface area is 147 Å². The molecule has 0 fully saturated rings. The highest BCUT2D eigenvalue weighted by Gasteiger charge is 2.11. The van der Waals surface area contributed by atoms with E-state index in [4.69, 9.17) is 11.6 Å². The third-order valence-electron chi connectivity index (χ3n) is 3.23. The number of nitrogens with one attached hydrogen (secondary N) is 2.